The van der Waals surface area contributed by atoms with Crippen LogP contribution < -0.4 is 4.74 Å². The Morgan fingerprint density at radius 2 is 2.33 bits per heavy atom. The Morgan fingerprint density at radius 3 is 3.00 bits per heavy atom. The lowest BCUT2D eigenvalue weighted by atomic mass is 10.5. The summed E-state index contributed by atoms with van der Waals surface area (Å²) in [6, 6.07) is 1.97. The molecule has 0 bridgehead atoms. The second kappa shape index (κ2) is 4.92. The van der Waals surface area contributed by atoms with E-state index in [9.17, 15) is 0 Å². The molecule has 0 aromatic carbocycles. The maximum atomic E-state index is 5.64. The Labute approximate surface area is 101 Å². The van der Waals surface area contributed by atoms with Crippen LogP contribution in [0.2, 0.25) is 0 Å². The summed E-state index contributed by atoms with van der Waals surface area (Å²) in [5.74, 6) is 1.45. The molecule has 0 saturated heterocycles. The van der Waals surface area contributed by atoms with E-state index in [1.54, 1.807) is 29.8 Å². The Balaban J connectivity index is 2.21. The van der Waals surface area contributed by atoms with Crippen molar-refractivity contribution in [3.63, 3.8) is 0 Å². The highest BCUT2D eigenvalue weighted by Crippen LogP contribution is 2.32. The zero-order chi connectivity index (χ0) is 10.7. The first-order valence-corrected chi connectivity index (χ1v) is 6.58. The molecule has 0 aliphatic carbocycles. The molecule has 0 radical (unpaired) electrons. The maximum Gasteiger partial charge on any atom is 0.157 e. The molecule has 0 saturated carbocycles. The van der Waals surface area contributed by atoms with Crippen LogP contribution in [0.4, 0.5) is 0 Å². The van der Waals surface area contributed by atoms with Gasteiger partial charge >= 0.3 is 0 Å². The molecule has 80 valence electrons. The summed E-state index contributed by atoms with van der Waals surface area (Å²) in [6.45, 7) is 0. The first-order chi connectivity index (χ1) is 7.33. The summed E-state index contributed by atoms with van der Waals surface area (Å²) >= 11 is 8.83. The fourth-order valence-corrected chi connectivity index (χ4v) is 3.12. The molecule has 0 atom stereocenters. The van der Waals surface area contributed by atoms with Crippen LogP contribution in [0.3, 0.4) is 0 Å². The SMILES string of the molecule is COc1csc(-c2nnc(CCCl)s2)c1. The standard InChI is InChI=1S/C9H9ClN2OS2/c1-13-6-4-7(14-5-6)9-12-11-8(15-9)2-3-10/h4-5H,2-3H2,1H3. The highest BCUT2D eigenvalue weighted by molar-refractivity contribution is 7.20. The molecule has 0 aliphatic heterocycles. The Morgan fingerprint density at radius 1 is 1.47 bits per heavy atom. The first-order valence-electron chi connectivity index (χ1n) is 4.34. The van der Waals surface area contributed by atoms with Crippen LogP contribution in [-0.2, 0) is 6.42 Å². The minimum atomic E-state index is 0.586. The van der Waals surface area contributed by atoms with Gasteiger partial charge in [-0.1, -0.05) is 11.3 Å². The average Bonchev–Trinajstić information content (AvgIpc) is 2.85. The lowest BCUT2D eigenvalue weighted by molar-refractivity contribution is 0.417. The molecule has 0 amide bonds. The van der Waals surface area contributed by atoms with E-state index in [1.165, 1.54) is 0 Å². The van der Waals surface area contributed by atoms with Crippen molar-refractivity contribution in [1.82, 2.24) is 10.2 Å². The number of rotatable bonds is 4. The van der Waals surface area contributed by atoms with Gasteiger partial charge in [0.2, 0.25) is 0 Å². The van der Waals surface area contributed by atoms with Crippen LogP contribution in [0.15, 0.2) is 11.4 Å². The number of hydrogen-bond donors (Lipinski definition) is 0. The molecule has 2 aromatic heterocycles. The zero-order valence-corrected chi connectivity index (χ0v) is 10.5. The molecule has 2 rings (SSSR count). The zero-order valence-electron chi connectivity index (χ0n) is 8.07. The summed E-state index contributed by atoms with van der Waals surface area (Å²) in [7, 11) is 1.66. The molecule has 0 aliphatic rings. The number of methoxy groups -OCH3 is 1. The number of ether oxygens (including phenoxy) is 1. The molecule has 0 fully saturated rings. The second-order valence-corrected chi connectivity index (χ2v) is 5.14. The third-order valence-corrected chi connectivity index (χ3v) is 4.05. The van der Waals surface area contributed by atoms with Crippen molar-refractivity contribution in [2.45, 2.75) is 6.42 Å². The van der Waals surface area contributed by atoms with Crippen LogP contribution in [0.25, 0.3) is 9.88 Å². The van der Waals surface area contributed by atoms with Crippen molar-refractivity contribution in [3.05, 3.63) is 16.5 Å². The third-order valence-electron chi connectivity index (χ3n) is 1.80. The Kier molecular flexibility index (Phi) is 3.56. The summed E-state index contributed by atoms with van der Waals surface area (Å²) in [5, 5.41) is 12.1. The number of nitrogens with zero attached hydrogens (tertiary/aromatic N) is 2. The van der Waals surface area contributed by atoms with Gasteiger partial charge in [-0.3, -0.25) is 0 Å². The third kappa shape index (κ3) is 2.48. The predicted octanol–water partition coefficient (Wildman–Crippen LogP) is 3.06. The fourth-order valence-electron chi connectivity index (χ4n) is 1.07. The van der Waals surface area contributed by atoms with Gasteiger partial charge in [-0.2, -0.15) is 0 Å². The van der Waals surface area contributed by atoms with E-state index in [-0.39, 0.29) is 0 Å². The van der Waals surface area contributed by atoms with Crippen molar-refractivity contribution >= 4 is 34.3 Å². The van der Waals surface area contributed by atoms with Crippen molar-refractivity contribution in [2.24, 2.45) is 0 Å². The van der Waals surface area contributed by atoms with Crippen molar-refractivity contribution in [3.8, 4) is 15.6 Å². The molecule has 2 aromatic rings. The number of thiophene rings is 1. The Hall–Kier alpha value is -0.650. The number of alkyl halides is 1. The lowest BCUT2D eigenvalue weighted by Gasteiger charge is -1.89. The largest absolute Gasteiger partial charge is 0.496 e. The van der Waals surface area contributed by atoms with Crippen LogP contribution in [0.5, 0.6) is 5.75 Å². The van der Waals surface area contributed by atoms with Gasteiger partial charge in [-0.05, 0) is 0 Å². The number of aryl methyl sites for hydroxylation is 1. The lowest BCUT2D eigenvalue weighted by Crippen LogP contribution is -1.82. The van der Waals surface area contributed by atoms with E-state index in [0.717, 1.165) is 27.1 Å². The number of hydrogen-bond acceptors (Lipinski definition) is 5. The maximum absolute atomic E-state index is 5.64. The summed E-state index contributed by atoms with van der Waals surface area (Å²) in [4.78, 5) is 1.09. The Bertz CT molecular complexity index is 441. The smallest absolute Gasteiger partial charge is 0.157 e. The van der Waals surface area contributed by atoms with Gasteiger partial charge in [0.25, 0.3) is 0 Å². The molecule has 0 N–H and O–H groups in total. The highest BCUT2D eigenvalue weighted by atomic mass is 35.5. The quantitative estimate of drug-likeness (QED) is 0.793. The van der Waals surface area contributed by atoms with E-state index < -0.39 is 0 Å². The van der Waals surface area contributed by atoms with E-state index in [4.69, 9.17) is 16.3 Å². The van der Waals surface area contributed by atoms with Crippen molar-refractivity contribution in [2.75, 3.05) is 13.0 Å². The molecular formula is C9H9ClN2OS2. The highest BCUT2D eigenvalue weighted by Gasteiger charge is 2.09. The predicted molar refractivity (Wildman–Crippen MR) is 64.2 cm³/mol. The minimum Gasteiger partial charge on any atom is -0.496 e. The van der Waals surface area contributed by atoms with E-state index in [1.807, 2.05) is 11.4 Å². The molecule has 0 spiro atoms. The van der Waals surface area contributed by atoms with Crippen LogP contribution in [-0.4, -0.2) is 23.2 Å². The molecular weight excluding hydrogens is 252 g/mol. The van der Waals surface area contributed by atoms with E-state index in [2.05, 4.69) is 10.2 Å². The topological polar surface area (TPSA) is 35.0 Å². The fraction of sp³-hybridized carbons (Fsp3) is 0.333. The van der Waals surface area contributed by atoms with Crippen LogP contribution in [0.1, 0.15) is 5.01 Å². The van der Waals surface area contributed by atoms with E-state index in [0.29, 0.717) is 5.88 Å². The monoisotopic (exact) mass is 260 g/mol. The summed E-state index contributed by atoms with van der Waals surface area (Å²) in [5.41, 5.74) is 0. The normalized spacial score (nSPS) is 10.5. The average molecular weight is 261 g/mol. The van der Waals surface area contributed by atoms with Crippen LogP contribution >= 0.6 is 34.3 Å². The first kappa shape index (κ1) is 10.9. The van der Waals surface area contributed by atoms with Crippen molar-refractivity contribution in [1.29, 1.82) is 0 Å². The van der Waals surface area contributed by atoms with Gasteiger partial charge in [-0.15, -0.1) is 33.1 Å². The minimum absolute atomic E-state index is 0.586. The number of halogens is 1. The van der Waals surface area contributed by atoms with Crippen LogP contribution in [0, 0.1) is 0 Å². The van der Waals surface area contributed by atoms with Crippen molar-refractivity contribution < 1.29 is 4.74 Å². The van der Waals surface area contributed by atoms with Gasteiger partial charge < -0.3 is 4.74 Å². The van der Waals surface area contributed by atoms with E-state index >= 15 is 0 Å². The molecule has 2 heterocycles. The molecule has 15 heavy (non-hydrogen) atoms. The van der Waals surface area contributed by atoms with Gasteiger partial charge in [0.15, 0.2) is 5.01 Å². The van der Waals surface area contributed by atoms with Gasteiger partial charge in [0, 0.05) is 23.7 Å². The number of aromatic nitrogens is 2. The molecule has 3 nitrogen and oxygen atoms in total. The van der Waals surface area contributed by atoms with Gasteiger partial charge in [0.05, 0.1) is 12.0 Å². The summed E-state index contributed by atoms with van der Waals surface area (Å²) in [6.07, 6.45) is 0.779. The molecule has 0 unspecified atom stereocenters. The second-order valence-electron chi connectivity index (χ2n) is 2.79. The summed E-state index contributed by atoms with van der Waals surface area (Å²) < 4.78 is 5.12. The van der Waals surface area contributed by atoms with Gasteiger partial charge in [0.1, 0.15) is 10.8 Å². The van der Waals surface area contributed by atoms with Gasteiger partial charge in [-0.25, -0.2) is 0 Å². The molecule has 6 heteroatoms.